The predicted molar refractivity (Wildman–Crippen MR) is 38.9 cm³/mol. The Labute approximate surface area is 65.7 Å². The van der Waals surface area contributed by atoms with Crippen LogP contribution in [0, 0.1) is 5.41 Å². The molecule has 0 aliphatic carbocycles. The fraction of sp³-hybridized carbons (Fsp3) is 0.875. The second kappa shape index (κ2) is 3.30. The van der Waals surface area contributed by atoms with Crippen molar-refractivity contribution in [2.45, 2.75) is 26.2 Å². The minimum absolute atomic E-state index is 0.517. The molecule has 0 saturated carbocycles. The van der Waals surface area contributed by atoms with Crippen LogP contribution in [0.15, 0.2) is 0 Å². The van der Waals surface area contributed by atoms with Gasteiger partial charge in [0.05, 0.1) is 5.41 Å². The van der Waals surface area contributed by atoms with Crippen molar-refractivity contribution in [2.75, 3.05) is 13.2 Å². The molecule has 0 N–H and O–H groups in total. The van der Waals surface area contributed by atoms with Crippen LogP contribution in [0.2, 0.25) is 0 Å². The van der Waals surface area contributed by atoms with Crippen molar-refractivity contribution in [3.05, 3.63) is 0 Å². The number of ether oxygens (including phenoxy) is 1. The Hall–Kier alpha value is -0.440. The maximum Gasteiger partial charge on any atom is 0.307 e. The molecular weight excluding hydrogens is 147 g/mol. The van der Waals surface area contributed by atoms with E-state index in [1.165, 1.54) is 0 Å². The summed E-state index contributed by atoms with van der Waals surface area (Å²) in [6.45, 7) is 2.88. The largest absolute Gasteiger partial charge is 0.381 e. The summed E-state index contributed by atoms with van der Waals surface area (Å²) >= 11 is 0. The highest BCUT2D eigenvalue weighted by Crippen LogP contribution is 2.35. The molecule has 3 heteroatoms. The Morgan fingerprint density at radius 2 is 2.09 bits per heavy atom. The smallest absolute Gasteiger partial charge is 0.307 e. The lowest BCUT2D eigenvalue weighted by Crippen LogP contribution is -2.34. The van der Waals surface area contributed by atoms with Gasteiger partial charge in [-0.25, -0.2) is 0 Å². The third kappa shape index (κ3) is 1.59. The summed E-state index contributed by atoms with van der Waals surface area (Å²) in [5.41, 5.74) is -0.710. The Bertz CT molecular complexity index is 150. The van der Waals surface area contributed by atoms with Crippen LogP contribution in [0.5, 0.6) is 0 Å². The van der Waals surface area contributed by atoms with E-state index in [2.05, 4.69) is 0 Å². The summed E-state index contributed by atoms with van der Waals surface area (Å²) in [5, 5.41) is 0. The first-order chi connectivity index (χ1) is 5.21. The van der Waals surface area contributed by atoms with Crippen LogP contribution >= 0.6 is 0 Å². The fourth-order valence-electron chi connectivity index (χ4n) is 1.45. The monoisotopic (exact) mass is 160 g/mol. The van der Waals surface area contributed by atoms with E-state index in [4.69, 9.17) is 4.74 Å². The number of rotatable bonds is 2. The van der Waals surface area contributed by atoms with Crippen LogP contribution in [-0.2, 0) is 9.53 Å². The van der Waals surface area contributed by atoms with Crippen LogP contribution in [0.1, 0.15) is 26.2 Å². The normalized spacial score (nSPS) is 23.1. The first kappa shape index (κ1) is 8.65. The van der Waals surface area contributed by atoms with E-state index in [0.29, 0.717) is 32.5 Å². The van der Waals surface area contributed by atoms with Crippen LogP contribution < -0.4 is 0 Å². The van der Waals surface area contributed by atoms with E-state index in [0.717, 1.165) is 0 Å². The molecule has 2 nitrogen and oxygen atoms in total. The minimum atomic E-state index is -1.16. The fourth-order valence-corrected chi connectivity index (χ4v) is 1.45. The van der Waals surface area contributed by atoms with E-state index in [1.54, 1.807) is 0 Å². The Kier molecular flexibility index (Phi) is 2.60. The molecule has 64 valence electrons. The number of halogens is 1. The van der Waals surface area contributed by atoms with Gasteiger partial charge in [-0.05, 0) is 19.3 Å². The molecule has 0 atom stereocenters. The SMILES string of the molecule is CCC1(C(=O)F)CCOCC1. The highest BCUT2D eigenvalue weighted by Gasteiger charge is 2.38. The maximum atomic E-state index is 12.5. The van der Waals surface area contributed by atoms with E-state index in [9.17, 15) is 9.18 Å². The summed E-state index contributed by atoms with van der Waals surface area (Å²) < 4.78 is 17.6. The molecule has 11 heavy (non-hydrogen) atoms. The predicted octanol–water partition coefficient (Wildman–Crippen LogP) is 1.69. The van der Waals surface area contributed by atoms with Crippen molar-refractivity contribution < 1.29 is 13.9 Å². The highest BCUT2D eigenvalue weighted by molar-refractivity contribution is 5.75. The van der Waals surface area contributed by atoms with Crippen molar-refractivity contribution in [2.24, 2.45) is 5.41 Å². The summed E-state index contributed by atoms with van der Waals surface area (Å²) in [5.74, 6) is 0. The quantitative estimate of drug-likeness (QED) is 0.574. The van der Waals surface area contributed by atoms with E-state index in [-0.39, 0.29) is 0 Å². The second-order valence-electron chi connectivity index (χ2n) is 3.02. The lowest BCUT2D eigenvalue weighted by Gasteiger charge is -2.31. The van der Waals surface area contributed by atoms with Crippen molar-refractivity contribution in [3.8, 4) is 0 Å². The topological polar surface area (TPSA) is 26.3 Å². The maximum absolute atomic E-state index is 12.5. The molecule has 1 fully saturated rings. The highest BCUT2D eigenvalue weighted by atomic mass is 19.1. The number of hydrogen-bond donors (Lipinski definition) is 0. The van der Waals surface area contributed by atoms with E-state index in [1.807, 2.05) is 6.92 Å². The zero-order valence-electron chi connectivity index (χ0n) is 6.73. The number of carbonyl (C=O) groups excluding carboxylic acids is 1. The molecule has 1 aliphatic heterocycles. The van der Waals surface area contributed by atoms with Gasteiger partial charge in [-0.15, -0.1) is 0 Å². The molecule has 0 amide bonds. The number of hydrogen-bond acceptors (Lipinski definition) is 2. The minimum Gasteiger partial charge on any atom is -0.381 e. The summed E-state index contributed by atoms with van der Waals surface area (Å²) in [7, 11) is 0. The molecule has 0 aromatic rings. The Morgan fingerprint density at radius 1 is 1.55 bits per heavy atom. The van der Waals surface area contributed by atoms with Crippen LogP contribution in [0.25, 0.3) is 0 Å². The van der Waals surface area contributed by atoms with Gasteiger partial charge in [0.2, 0.25) is 0 Å². The molecule has 0 aromatic heterocycles. The van der Waals surface area contributed by atoms with Crippen LogP contribution in [-0.4, -0.2) is 19.3 Å². The van der Waals surface area contributed by atoms with E-state index < -0.39 is 11.5 Å². The van der Waals surface area contributed by atoms with Crippen molar-refractivity contribution in [1.82, 2.24) is 0 Å². The standard InChI is InChI=1S/C8H13FO2/c1-2-8(7(9)10)3-5-11-6-4-8/h2-6H2,1H3. The van der Waals surface area contributed by atoms with E-state index >= 15 is 0 Å². The zero-order valence-corrected chi connectivity index (χ0v) is 6.73. The lowest BCUT2D eigenvalue weighted by atomic mass is 9.78. The second-order valence-corrected chi connectivity index (χ2v) is 3.02. The number of carbonyl (C=O) groups is 1. The summed E-state index contributed by atoms with van der Waals surface area (Å²) in [4.78, 5) is 10.6. The molecule has 0 bridgehead atoms. The van der Waals surface area contributed by atoms with Gasteiger partial charge >= 0.3 is 6.04 Å². The molecule has 0 radical (unpaired) electrons. The molecule has 1 rings (SSSR count). The summed E-state index contributed by atoms with van der Waals surface area (Å²) in [6.07, 6.45) is 1.67. The molecule has 1 aliphatic rings. The zero-order chi connectivity index (χ0) is 8.32. The lowest BCUT2D eigenvalue weighted by molar-refractivity contribution is -0.146. The van der Waals surface area contributed by atoms with Gasteiger partial charge in [-0.3, -0.25) is 4.79 Å². The van der Waals surface area contributed by atoms with Crippen molar-refractivity contribution in [3.63, 3.8) is 0 Å². The Morgan fingerprint density at radius 3 is 2.36 bits per heavy atom. The molecule has 1 saturated heterocycles. The molecule has 0 unspecified atom stereocenters. The van der Waals surface area contributed by atoms with Crippen molar-refractivity contribution >= 4 is 6.04 Å². The van der Waals surface area contributed by atoms with Crippen LogP contribution in [0.4, 0.5) is 4.39 Å². The summed E-state index contributed by atoms with van der Waals surface area (Å²) in [6, 6.07) is -1.16. The molecule has 0 aromatic carbocycles. The average molecular weight is 160 g/mol. The van der Waals surface area contributed by atoms with Crippen LogP contribution in [0.3, 0.4) is 0 Å². The van der Waals surface area contributed by atoms with Gasteiger partial charge in [-0.1, -0.05) is 6.92 Å². The van der Waals surface area contributed by atoms with Gasteiger partial charge < -0.3 is 4.74 Å². The Balaban J connectivity index is 2.64. The first-order valence-corrected chi connectivity index (χ1v) is 3.99. The van der Waals surface area contributed by atoms with Gasteiger partial charge in [0.1, 0.15) is 0 Å². The molecular formula is C8H13FO2. The average Bonchev–Trinajstić information content (AvgIpc) is 2.05. The third-order valence-electron chi connectivity index (χ3n) is 2.54. The third-order valence-corrected chi connectivity index (χ3v) is 2.54. The van der Waals surface area contributed by atoms with Gasteiger partial charge in [0, 0.05) is 13.2 Å². The molecule has 0 spiro atoms. The first-order valence-electron chi connectivity index (χ1n) is 3.99. The van der Waals surface area contributed by atoms with Crippen molar-refractivity contribution in [1.29, 1.82) is 0 Å². The van der Waals surface area contributed by atoms with Gasteiger partial charge in [0.25, 0.3) is 0 Å². The van der Waals surface area contributed by atoms with Gasteiger partial charge in [0.15, 0.2) is 0 Å². The van der Waals surface area contributed by atoms with Gasteiger partial charge in [-0.2, -0.15) is 4.39 Å². The molecule has 1 heterocycles.